The molecular formula is C20H26N2O. The number of rotatable bonds is 2. The highest BCUT2D eigenvalue weighted by atomic mass is 16.2. The zero-order valence-corrected chi connectivity index (χ0v) is 13.8. The molecule has 1 N–H and O–H groups in total. The van der Waals surface area contributed by atoms with Crippen molar-refractivity contribution >= 4 is 5.91 Å². The predicted octanol–water partition coefficient (Wildman–Crippen LogP) is 2.91. The van der Waals surface area contributed by atoms with Crippen LogP contribution >= 0.6 is 0 Å². The predicted molar refractivity (Wildman–Crippen MR) is 92.0 cm³/mol. The largest absolute Gasteiger partial charge is 0.351 e. The normalized spacial score (nSPS) is 31.0. The summed E-state index contributed by atoms with van der Waals surface area (Å²) < 4.78 is 0. The third-order valence-electron chi connectivity index (χ3n) is 5.90. The van der Waals surface area contributed by atoms with E-state index in [1.807, 2.05) is 0 Å². The van der Waals surface area contributed by atoms with Crippen LogP contribution in [0.15, 0.2) is 36.4 Å². The number of carbonyl (C=O) groups is 1. The molecule has 3 aliphatic rings. The molecule has 4 rings (SSSR count). The summed E-state index contributed by atoms with van der Waals surface area (Å²) in [7, 11) is 0. The Morgan fingerprint density at radius 3 is 2.91 bits per heavy atom. The number of nitrogens with one attached hydrogen (secondary N) is 1. The van der Waals surface area contributed by atoms with Crippen LogP contribution in [0.4, 0.5) is 0 Å². The van der Waals surface area contributed by atoms with Crippen LogP contribution in [0, 0.1) is 11.3 Å². The van der Waals surface area contributed by atoms with Gasteiger partial charge >= 0.3 is 0 Å². The average molecular weight is 310 g/mol. The van der Waals surface area contributed by atoms with Crippen LogP contribution in [-0.4, -0.2) is 30.4 Å². The summed E-state index contributed by atoms with van der Waals surface area (Å²) in [5, 5.41) is 3.18. The van der Waals surface area contributed by atoms with Crippen LogP contribution in [0.1, 0.15) is 36.8 Å². The first-order chi connectivity index (χ1) is 11.3. The fraction of sp³-hybridized carbons (Fsp3) is 0.550. The van der Waals surface area contributed by atoms with Crippen LogP contribution in [0.25, 0.3) is 0 Å². The van der Waals surface area contributed by atoms with E-state index in [0.717, 1.165) is 38.4 Å². The standard InChI is InChI=1S/C20H26N2O/c23-19-20(12-17-8-4-5-9-18(17)13-21-19)10-11-22(15-20)14-16-6-2-1-3-7-16/h1-2,4-5,8-9,16H,3,6-7,10-15H2,(H,21,23). The maximum absolute atomic E-state index is 12.8. The van der Waals surface area contributed by atoms with Gasteiger partial charge in [-0.3, -0.25) is 4.79 Å². The molecule has 23 heavy (non-hydrogen) atoms. The van der Waals surface area contributed by atoms with Gasteiger partial charge in [0.1, 0.15) is 0 Å². The lowest BCUT2D eigenvalue weighted by molar-refractivity contribution is -0.130. The first-order valence-electron chi connectivity index (χ1n) is 8.98. The van der Waals surface area contributed by atoms with E-state index in [4.69, 9.17) is 0 Å². The monoisotopic (exact) mass is 310 g/mol. The van der Waals surface area contributed by atoms with E-state index >= 15 is 0 Å². The molecule has 2 unspecified atom stereocenters. The number of hydrogen-bond acceptors (Lipinski definition) is 2. The van der Waals surface area contributed by atoms with Crippen molar-refractivity contribution < 1.29 is 4.79 Å². The molecule has 1 fully saturated rings. The molecule has 2 atom stereocenters. The Labute approximate surface area is 138 Å². The smallest absolute Gasteiger partial charge is 0.228 e. The minimum Gasteiger partial charge on any atom is -0.351 e. The maximum atomic E-state index is 12.8. The summed E-state index contributed by atoms with van der Waals surface area (Å²) in [4.78, 5) is 15.3. The van der Waals surface area contributed by atoms with Gasteiger partial charge in [-0.2, -0.15) is 0 Å². The van der Waals surface area contributed by atoms with E-state index in [1.165, 1.54) is 30.4 Å². The second-order valence-corrected chi connectivity index (χ2v) is 7.54. The number of carbonyl (C=O) groups excluding carboxylic acids is 1. The third kappa shape index (κ3) is 2.94. The summed E-state index contributed by atoms with van der Waals surface area (Å²) in [5.74, 6) is 1.04. The van der Waals surface area contributed by atoms with Crippen molar-refractivity contribution in [1.82, 2.24) is 10.2 Å². The van der Waals surface area contributed by atoms with Gasteiger partial charge in [-0.05, 0) is 55.7 Å². The number of nitrogens with zero attached hydrogens (tertiary/aromatic N) is 1. The fourth-order valence-corrected chi connectivity index (χ4v) is 4.54. The molecular weight excluding hydrogens is 284 g/mol. The number of hydrogen-bond donors (Lipinski definition) is 1. The van der Waals surface area contributed by atoms with E-state index in [9.17, 15) is 4.79 Å². The van der Waals surface area contributed by atoms with E-state index in [0.29, 0.717) is 6.54 Å². The fourth-order valence-electron chi connectivity index (χ4n) is 4.54. The van der Waals surface area contributed by atoms with Crippen LogP contribution < -0.4 is 5.32 Å². The Kier molecular flexibility index (Phi) is 3.98. The Morgan fingerprint density at radius 2 is 2.09 bits per heavy atom. The number of allylic oxidation sites excluding steroid dienone is 2. The zero-order chi connectivity index (χ0) is 15.7. The molecule has 1 amide bonds. The first-order valence-corrected chi connectivity index (χ1v) is 8.98. The van der Waals surface area contributed by atoms with Crippen molar-refractivity contribution in [1.29, 1.82) is 0 Å². The Balaban J connectivity index is 1.49. The maximum Gasteiger partial charge on any atom is 0.228 e. The van der Waals surface area contributed by atoms with Gasteiger partial charge in [0.05, 0.1) is 5.41 Å². The molecule has 3 heteroatoms. The van der Waals surface area contributed by atoms with Crippen molar-refractivity contribution in [2.75, 3.05) is 19.6 Å². The third-order valence-corrected chi connectivity index (χ3v) is 5.90. The minimum atomic E-state index is -0.211. The molecule has 1 saturated heterocycles. The highest BCUT2D eigenvalue weighted by Crippen LogP contribution is 2.38. The molecule has 0 saturated carbocycles. The lowest BCUT2D eigenvalue weighted by atomic mass is 9.80. The van der Waals surface area contributed by atoms with Gasteiger partial charge in [0.25, 0.3) is 0 Å². The van der Waals surface area contributed by atoms with Crippen molar-refractivity contribution in [2.45, 2.75) is 38.6 Å². The second-order valence-electron chi connectivity index (χ2n) is 7.54. The summed E-state index contributed by atoms with van der Waals surface area (Å²) in [6.45, 7) is 3.83. The second kappa shape index (κ2) is 6.12. The Bertz CT molecular complexity index is 624. The number of benzene rings is 1. The quantitative estimate of drug-likeness (QED) is 0.852. The van der Waals surface area contributed by atoms with Crippen molar-refractivity contribution in [3.05, 3.63) is 47.5 Å². The Hall–Kier alpha value is -1.61. The summed E-state index contributed by atoms with van der Waals surface area (Å²) in [6.07, 6.45) is 10.3. The van der Waals surface area contributed by atoms with Gasteiger partial charge < -0.3 is 10.2 Å². The van der Waals surface area contributed by atoms with Crippen molar-refractivity contribution in [3.63, 3.8) is 0 Å². The molecule has 1 aliphatic carbocycles. The summed E-state index contributed by atoms with van der Waals surface area (Å²) in [5.41, 5.74) is 2.43. The highest BCUT2D eigenvalue weighted by Gasteiger charge is 2.46. The van der Waals surface area contributed by atoms with Gasteiger partial charge in [-0.1, -0.05) is 36.4 Å². The van der Waals surface area contributed by atoms with Crippen LogP contribution in [0.2, 0.25) is 0 Å². The molecule has 0 bridgehead atoms. The van der Waals surface area contributed by atoms with E-state index in [2.05, 4.69) is 46.6 Å². The lowest BCUT2D eigenvalue weighted by Gasteiger charge is -2.28. The lowest BCUT2D eigenvalue weighted by Crippen LogP contribution is -2.43. The molecule has 1 spiro atoms. The summed E-state index contributed by atoms with van der Waals surface area (Å²) in [6, 6.07) is 8.52. The zero-order valence-electron chi connectivity index (χ0n) is 13.8. The van der Waals surface area contributed by atoms with Gasteiger partial charge in [0, 0.05) is 19.6 Å². The molecule has 2 aliphatic heterocycles. The number of likely N-dealkylation sites (tertiary alicyclic amines) is 1. The van der Waals surface area contributed by atoms with Crippen molar-refractivity contribution in [3.8, 4) is 0 Å². The van der Waals surface area contributed by atoms with Crippen LogP contribution in [0.3, 0.4) is 0 Å². The molecule has 0 aromatic heterocycles. The van der Waals surface area contributed by atoms with Gasteiger partial charge in [0.15, 0.2) is 0 Å². The average Bonchev–Trinajstić information content (AvgIpc) is 2.92. The van der Waals surface area contributed by atoms with E-state index in [1.54, 1.807) is 0 Å². The van der Waals surface area contributed by atoms with Gasteiger partial charge in [0.2, 0.25) is 5.91 Å². The van der Waals surface area contributed by atoms with Crippen LogP contribution in [-0.2, 0) is 17.8 Å². The molecule has 122 valence electrons. The topological polar surface area (TPSA) is 32.3 Å². The molecule has 2 heterocycles. The van der Waals surface area contributed by atoms with Crippen LogP contribution in [0.5, 0.6) is 0 Å². The SMILES string of the molecule is O=C1NCc2ccccc2CC12CCN(CC1CC=CCC1)C2. The van der Waals surface area contributed by atoms with E-state index < -0.39 is 0 Å². The Morgan fingerprint density at radius 1 is 1.22 bits per heavy atom. The van der Waals surface area contributed by atoms with Gasteiger partial charge in [-0.25, -0.2) is 0 Å². The highest BCUT2D eigenvalue weighted by molar-refractivity contribution is 5.84. The molecule has 0 radical (unpaired) electrons. The number of amides is 1. The molecule has 1 aromatic carbocycles. The van der Waals surface area contributed by atoms with E-state index in [-0.39, 0.29) is 11.3 Å². The van der Waals surface area contributed by atoms with Crippen molar-refractivity contribution in [2.24, 2.45) is 11.3 Å². The molecule has 1 aromatic rings. The minimum absolute atomic E-state index is 0.211. The summed E-state index contributed by atoms with van der Waals surface area (Å²) >= 11 is 0. The molecule has 3 nitrogen and oxygen atoms in total. The van der Waals surface area contributed by atoms with Gasteiger partial charge in [-0.15, -0.1) is 0 Å². The first kappa shape index (κ1) is 14.9. The number of fused-ring (bicyclic) bond motifs is 1.